The number of ether oxygens (including phenoxy) is 4. The SMILES string of the molecule is CCOCCOCc1cccc(NC(=O)c2ccc3c(c2)OCCO3)c1. The fraction of sp³-hybridized carbons (Fsp3) is 0.350. The van der Waals surface area contributed by atoms with Crippen LogP contribution in [0.25, 0.3) is 0 Å². The normalized spacial score (nSPS) is 12.7. The molecule has 2 aromatic rings. The minimum atomic E-state index is -0.198. The van der Waals surface area contributed by atoms with E-state index in [0.717, 1.165) is 11.3 Å². The zero-order chi connectivity index (χ0) is 18.2. The van der Waals surface area contributed by atoms with E-state index in [2.05, 4.69) is 5.32 Å². The maximum atomic E-state index is 12.5. The molecule has 0 fully saturated rings. The lowest BCUT2D eigenvalue weighted by molar-refractivity contribution is 0.0453. The van der Waals surface area contributed by atoms with E-state index in [-0.39, 0.29) is 5.91 Å². The van der Waals surface area contributed by atoms with Gasteiger partial charge in [-0.1, -0.05) is 12.1 Å². The van der Waals surface area contributed by atoms with Gasteiger partial charge in [0, 0.05) is 17.9 Å². The molecule has 0 unspecified atom stereocenters. The average molecular weight is 357 g/mol. The van der Waals surface area contributed by atoms with Crippen LogP contribution in [0.4, 0.5) is 5.69 Å². The van der Waals surface area contributed by atoms with Crippen LogP contribution in [-0.2, 0) is 16.1 Å². The van der Waals surface area contributed by atoms with E-state index in [1.165, 1.54) is 0 Å². The highest BCUT2D eigenvalue weighted by Gasteiger charge is 2.15. The summed E-state index contributed by atoms with van der Waals surface area (Å²) in [7, 11) is 0. The van der Waals surface area contributed by atoms with Gasteiger partial charge in [-0.15, -0.1) is 0 Å². The Balaban J connectivity index is 1.58. The third kappa shape index (κ3) is 4.97. The molecule has 1 heterocycles. The maximum Gasteiger partial charge on any atom is 0.255 e. The number of rotatable bonds is 8. The molecule has 0 aliphatic carbocycles. The Morgan fingerprint density at radius 3 is 2.69 bits per heavy atom. The monoisotopic (exact) mass is 357 g/mol. The number of benzene rings is 2. The third-order valence-corrected chi connectivity index (χ3v) is 3.83. The van der Waals surface area contributed by atoms with Crippen LogP contribution in [0.1, 0.15) is 22.8 Å². The molecular weight excluding hydrogens is 334 g/mol. The molecule has 1 N–H and O–H groups in total. The Labute approximate surface area is 153 Å². The Morgan fingerprint density at radius 1 is 1.04 bits per heavy atom. The zero-order valence-corrected chi connectivity index (χ0v) is 14.8. The van der Waals surface area contributed by atoms with Gasteiger partial charge in [-0.25, -0.2) is 0 Å². The third-order valence-electron chi connectivity index (χ3n) is 3.83. The van der Waals surface area contributed by atoms with Crippen molar-refractivity contribution in [3.8, 4) is 11.5 Å². The van der Waals surface area contributed by atoms with Crippen molar-refractivity contribution in [2.45, 2.75) is 13.5 Å². The Kier molecular flexibility index (Phi) is 6.46. The molecule has 0 radical (unpaired) electrons. The van der Waals surface area contributed by atoms with Crippen LogP contribution in [0, 0.1) is 0 Å². The van der Waals surface area contributed by atoms with Crippen molar-refractivity contribution in [2.75, 3.05) is 38.4 Å². The van der Waals surface area contributed by atoms with E-state index < -0.39 is 0 Å². The summed E-state index contributed by atoms with van der Waals surface area (Å²) in [5.41, 5.74) is 2.23. The van der Waals surface area contributed by atoms with Crippen molar-refractivity contribution < 1.29 is 23.7 Å². The lowest BCUT2D eigenvalue weighted by Gasteiger charge is -2.18. The number of anilines is 1. The summed E-state index contributed by atoms with van der Waals surface area (Å²) in [6.07, 6.45) is 0. The van der Waals surface area contributed by atoms with E-state index in [0.29, 0.717) is 56.7 Å². The molecule has 0 saturated carbocycles. The molecule has 26 heavy (non-hydrogen) atoms. The fourth-order valence-corrected chi connectivity index (χ4v) is 2.58. The molecule has 138 valence electrons. The first-order valence-electron chi connectivity index (χ1n) is 8.71. The van der Waals surface area contributed by atoms with Gasteiger partial charge in [-0.05, 0) is 42.8 Å². The summed E-state index contributed by atoms with van der Waals surface area (Å²) in [4.78, 5) is 12.5. The number of amides is 1. The first-order valence-corrected chi connectivity index (χ1v) is 8.71. The van der Waals surface area contributed by atoms with E-state index >= 15 is 0 Å². The molecule has 0 bridgehead atoms. The topological polar surface area (TPSA) is 66.0 Å². The second-order valence-corrected chi connectivity index (χ2v) is 5.76. The van der Waals surface area contributed by atoms with E-state index in [9.17, 15) is 4.79 Å². The highest BCUT2D eigenvalue weighted by molar-refractivity contribution is 6.04. The number of carbonyl (C=O) groups is 1. The second kappa shape index (κ2) is 9.22. The highest BCUT2D eigenvalue weighted by atomic mass is 16.6. The summed E-state index contributed by atoms with van der Waals surface area (Å²) in [5, 5.41) is 2.90. The molecule has 6 heteroatoms. The van der Waals surface area contributed by atoms with Crippen LogP contribution in [0.5, 0.6) is 11.5 Å². The highest BCUT2D eigenvalue weighted by Crippen LogP contribution is 2.31. The van der Waals surface area contributed by atoms with Crippen LogP contribution >= 0.6 is 0 Å². The fourth-order valence-electron chi connectivity index (χ4n) is 2.58. The van der Waals surface area contributed by atoms with Gasteiger partial charge in [0.05, 0.1) is 19.8 Å². The smallest absolute Gasteiger partial charge is 0.255 e. The van der Waals surface area contributed by atoms with Gasteiger partial charge in [-0.3, -0.25) is 4.79 Å². The van der Waals surface area contributed by atoms with Gasteiger partial charge in [0.25, 0.3) is 5.91 Å². The van der Waals surface area contributed by atoms with Crippen LogP contribution in [0.15, 0.2) is 42.5 Å². The van der Waals surface area contributed by atoms with Crippen molar-refractivity contribution >= 4 is 11.6 Å². The maximum absolute atomic E-state index is 12.5. The minimum Gasteiger partial charge on any atom is -0.486 e. The summed E-state index contributed by atoms with van der Waals surface area (Å²) in [6, 6.07) is 12.8. The van der Waals surface area contributed by atoms with Gasteiger partial charge in [-0.2, -0.15) is 0 Å². The van der Waals surface area contributed by atoms with Gasteiger partial charge < -0.3 is 24.3 Å². The van der Waals surface area contributed by atoms with Crippen LogP contribution in [-0.4, -0.2) is 38.9 Å². The number of fused-ring (bicyclic) bond motifs is 1. The summed E-state index contributed by atoms with van der Waals surface area (Å²) in [5.74, 6) is 1.07. The van der Waals surface area contributed by atoms with Crippen LogP contribution in [0.2, 0.25) is 0 Å². The average Bonchev–Trinajstić information content (AvgIpc) is 2.68. The Hall–Kier alpha value is -2.57. The summed E-state index contributed by atoms with van der Waals surface area (Å²) >= 11 is 0. The Morgan fingerprint density at radius 2 is 1.85 bits per heavy atom. The van der Waals surface area contributed by atoms with Gasteiger partial charge in [0.1, 0.15) is 13.2 Å². The van der Waals surface area contributed by atoms with Crippen molar-refractivity contribution in [2.24, 2.45) is 0 Å². The molecular formula is C20H23NO5. The molecule has 0 atom stereocenters. The number of carbonyl (C=O) groups excluding carboxylic acids is 1. The largest absolute Gasteiger partial charge is 0.486 e. The zero-order valence-electron chi connectivity index (χ0n) is 14.8. The molecule has 1 aliphatic rings. The van der Waals surface area contributed by atoms with Gasteiger partial charge >= 0.3 is 0 Å². The van der Waals surface area contributed by atoms with Crippen molar-refractivity contribution in [3.05, 3.63) is 53.6 Å². The first kappa shape index (κ1) is 18.2. The molecule has 1 aliphatic heterocycles. The molecule has 0 aromatic heterocycles. The minimum absolute atomic E-state index is 0.198. The molecule has 1 amide bonds. The van der Waals surface area contributed by atoms with Crippen molar-refractivity contribution in [1.82, 2.24) is 0 Å². The predicted molar refractivity (Wildman–Crippen MR) is 98.0 cm³/mol. The lowest BCUT2D eigenvalue weighted by Crippen LogP contribution is -2.17. The van der Waals surface area contributed by atoms with Crippen LogP contribution < -0.4 is 14.8 Å². The van der Waals surface area contributed by atoms with E-state index in [4.69, 9.17) is 18.9 Å². The van der Waals surface area contributed by atoms with Crippen molar-refractivity contribution in [1.29, 1.82) is 0 Å². The molecule has 6 nitrogen and oxygen atoms in total. The quantitative estimate of drug-likeness (QED) is 0.735. The number of hydrogen-bond acceptors (Lipinski definition) is 5. The van der Waals surface area contributed by atoms with Gasteiger partial charge in [0.15, 0.2) is 11.5 Å². The standard InChI is InChI=1S/C20H23NO5/c1-2-23-8-9-24-14-15-4-3-5-17(12-15)21-20(22)16-6-7-18-19(13-16)26-11-10-25-18/h3-7,12-13H,2,8-11,14H2,1H3,(H,21,22). The molecule has 0 spiro atoms. The van der Waals surface area contributed by atoms with E-state index in [1.54, 1.807) is 18.2 Å². The molecule has 2 aromatic carbocycles. The lowest BCUT2D eigenvalue weighted by atomic mass is 10.1. The molecule has 3 rings (SSSR count). The van der Waals surface area contributed by atoms with Gasteiger partial charge in [0.2, 0.25) is 0 Å². The van der Waals surface area contributed by atoms with Crippen molar-refractivity contribution in [3.63, 3.8) is 0 Å². The molecule has 0 saturated heterocycles. The number of hydrogen-bond donors (Lipinski definition) is 1. The van der Waals surface area contributed by atoms with E-state index in [1.807, 2.05) is 31.2 Å². The second-order valence-electron chi connectivity index (χ2n) is 5.76. The number of nitrogens with one attached hydrogen (secondary N) is 1. The summed E-state index contributed by atoms with van der Waals surface area (Å²) < 4.78 is 21.8. The van der Waals surface area contributed by atoms with Crippen LogP contribution in [0.3, 0.4) is 0 Å². The summed E-state index contributed by atoms with van der Waals surface area (Å²) in [6.45, 7) is 5.25. The first-order chi connectivity index (χ1) is 12.8. The Bertz CT molecular complexity index is 747. The predicted octanol–water partition coefficient (Wildman–Crippen LogP) is 3.26.